The van der Waals surface area contributed by atoms with Gasteiger partial charge in [0, 0.05) is 25.3 Å². The Labute approximate surface area is 189 Å². The molecule has 2 saturated heterocycles. The van der Waals surface area contributed by atoms with Gasteiger partial charge < -0.3 is 15.4 Å². The van der Waals surface area contributed by atoms with Crippen LogP contribution in [0.5, 0.6) is 0 Å². The number of hydrogen-bond donors (Lipinski definition) is 2. The molecule has 1 aromatic heterocycles. The number of benzene rings is 1. The molecule has 9 heteroatoms. The molecule has 0 bridgehead atoms. The lowest BCUT2D eigenvalue weighted by molar-refractivity contribution is -0.121. The first-order valence-electron chi connectivity index (χ1n) is 10.8. The number of piperidine rings is 1. The molecule has 2 fully saturated rings. The number of hydrogen-bond acceptors (Lipinski definition) is 6. The van der Waals surface area contributed by atoms with Gasteiger partial charge in [-0.2, -0.15) is 0 Å². The van der Waals surface area contributed by atoms with Crippen LogP contribution in [0.4, 0.5) is 14.9 Å². The first-order chi connectivity index (χ1) is 15.5. The van der Waals surface area contributed by atoms with Crippen molar-refractivity contribution in [1.29, 1.82) is 0 Å². The topological polar surface area (TPSA) is 87.7 Å². The number of alkyl halides is 1. The normalized spacial score (nSPS) is 23.1. The molecule has 170 valence electrons. The molecule has 0 saturated carbocycles. The van der Waals surface area contributed by atoms with Gasteiger partial charge in [0.15, 0.2) is 5.78 Å². The zero-order valence-electron chi connectivity index (χ0n) is 17.6. The van der Waals surface area contributed by atoms with Crippen LogP contribution < -0.4 is 15.5 Å². The monoisotopic (exact) mass is 459 g/mol. The minimum Gasteiger partial charge on any atom is -0.442 e. The van der Waals surface area contributed by atoms with Gasteiger partial charge in [-0.1, -0.05) is 24.3 Å². The summed E-state index contributed by atoms with van der Waals surface area (Å²) < 4.78 is 20.0. The maximum atomic E-state index is 14.5. The number of ether oxygens (including phenoxy) is 1. The number of amides is 2. The molecule has 4 rings (SSSR count). The molecule has 2 amide bonds. The van der Waals surface area contributed by atoms with E-state index in [0.717, 1.165) is 12.1 Å². The molecule has 0 radical (unpaired) electrons. The molecule has 2 N–H and O–H groups in total. The lowest BCUT2D eigenvalue weighted by Crippen LogP contribution is -2.38. The molecule has 3 heterocycles. The molecule has 3 atom stereocenters. The van der Waals surface area contributed by atoms with E-state index < -0.39 is 18.4 Å². The van der Waals surface area contributed by atoms with E-state index in [1.54, 1.807) is 12.1 Å². The summed E-state index contributed by atoms with van der Waals surface area (Å²) in [7, 11) is 0. The van der Waals surface area contributed by atoms with Gasteiger partial charge in [-0.25, -0.2) is 9.18 Å². The Bertz CT molecular complexity index is 968. The smallest absolute Gasteiger partial charge is 0.414 e. The minimum absolute atomic E-state index is 0.0608. The molecular weight excluding hydrogens is 433 g/mol. The van der Waals surface area contributed by atoms with Crippen LogP contribution in [0.3, 0.4) is 0 Å². The van der Waals surface area contributed by atoms with Gasteiger partial charge in [-0.05, 0) is 36.0 Å². The van der Waals surface area contributed by atoms with E-state index in [2.05, 4.69) is 10.6 Å². The summed E-state index contributed by atoms with van der Waals surface area (Å²) in [6, 6.07) is 10.9. The number of cyclic esters (lactones) is 1. The number of nitrogens with zero attached hydrogens (tertiary/aromatic N) is 1. The van der Waals surface area contributed by atoms with Crippen LogP contribution in [0.25, 0.3) is 0 Å². The van der Waals surface area contributed by atoms with Gasteiger partial charge in [-0.15, -0.1) is 11.3 Å². The molecule has 7 nitrogen and oxygen atoms in total. The number of carbonyl (C=O) groups excluding carboxylic acids is 3. The number of thiophene rings is 1. The largest absolute Gasteiger partial charge is 0.442 e. The SMILES string of the molecule is O=C(CCC(=O)c1cccs1)NC[C@H]1CN(c2ccccc2C2CCNCC2F)C(=O)O1. The van der Waals surface area contributed by atoms with E-state index in [4.69, 9.17) is 4.74 Å². The maximum Gasteiger partial charge on any atom is 0.414 e. The van der Waals surface area contributed by atoms with E-state index in [-0.39, 0.29) is 43.5 Å². The van der Waals surface area contributed by atoms with Gasteiger partial charge in [0.2, 0.25) is 5.91 Å². The van der Waals surface area contributed by atoms with Crippen molar-refractivity contribution >= 4 is 34.8 Å². The lowest BCUT2D eigenvalue weighted by atomic mass is 9.87. The fourth-order valence-corrected chi connectivity index (χ4v) is 4.84. The molecule has 2 aromatic rings. The quantitative estimate of drug-likeness (QED) is 0.592. The van der Waals surface area contributed by atoms with Crippen molar-refractivity contribution in [2.75, 3.05) is 31.1 Å². The van der Waals surface area contributed by atoms with Crippen molar-refractivity contribution in [3.8, 4) is 0 Å². The third-order valence-corrected chi connectivity index (χ3v) is 6.72. The highest BCUT2D eigenvalue weighted by Crippen LogP contribution is 2.36. The summed E-state index contributed by atoms with van der Waals surface area (Å²) in [5, 5.41) is 7.62. The van der Waals surface area contributed by atoms with Gasteiger partial charge in [0.1, 0.15) is 12.3 Å². The number of anilines is 1. The molecule has 2 aliphatic heterocycles. The van der Waals surface area contributed by atoms with Crippen molar-refractivity contribution in [3.63, 3.8) is 0 Å². The number of para-hydroxylation sites is 1. The van der Waals surface area contributed by atoms with Crippen molar-refractivity contribution in [2.24, 2.45) is 0 Å². The first-order valence-corrected chi connectivity index (χ1v) is 11.7. The van der Waals surface area contributed by atoms with Crippen LogP contribution in [0, 0.1) is 0 Å². The minimum atomic E-state index is -1.02. The molecule has 0 aliphatic carbocycles. The second-order valence-corrected chi connectivity index (χ2v) is 8.94. The highest BCUT2D eigenvalue weighted by molar-refractivity contribution is 7.12. The molecule has 32 heavy (non-hydrogen) atoms. The zero-order chi connectivity index (χ0) is 22.5. The molecule has 1 aromatic carbocycles. The third-order valence-electron chi connectivity index (χ3n) is 5.81. The highest BCUT2D eigenvalue weighted by atomic mass is 32.1. The van der Waals surface area contributed by atoms with Crippen molar-refractivity contribution in [1.82, 2.24) is 10.6 Å². The second-order valence-electron chi connectivity index (χ2n) is 8.00. The molecule has 0 spiro atoms. The summed E-state index contributed by atoms with van der Waals surface area (Å²) >= 11 is 1.35. The summed E-state index contributed by atoms with van der Waals surface area (Å²) in [5.41, 5.74) is 1.46. The van der Waals surface area contributed by atoms with Gasteiger partial charge in [0.05, 0.1) is 23.7 Å². The number of ketones is 1. The fourth-order valence-electron chi connectivity index (χ4n) is 4.15. The number of halogens is 1. The number of Topliss-reactive ketones (excluding diaryl/α,β-unsaturated/α-hetero) is 1. The fraction of sp³-hybridized carbons (Fsp3) is 0.435. The van der Waals surface area contributed by atoms with Crippen LogP contribution in [0.2, 0.25) is 0 Å². The molecule has 2 unspecified atom stereocenters. The predicted octanol–water partition coefficient (Wildman–Crippen LogP) is 3.27. The second kappa shape index (κ2) is 10.2. The standard InChI is InChI=1S/C23H26FN3O4S/c24-18-13-25-10-9-16(18)17-4-1-2-5-19(17)27-14-15(31-23(27)30)12-26-22(29)8-7-20(28)21-6-3-11-32-21/h1-6,11,15-16,18,25H,7-10,12-14H2,(H,26,29)/t15-,16?,18?/m0/s1. The van der Waals surface area contributed by atoms with Crippen molar-refractivity contribution < 1.29 is 23.5 Å². The van der Waals surface area contributed by atoms with Crippen LogP contribution in [-0.2, 0) is 9.53 Å². The van der Waals surface area contributed by atoms with E-state index in [0.29, 0.717) is 23.5 Å². The maximum absolute atomic E-state index is 14.5. The Morgan fingerprint density at radius 2 is 2.06 bits per heavy atom. The summed E-state index contributed by atoms with van der Waals surface area (Å²) in [6.45, 7) is 1.46. The average molecular weight is 460 g/mol. The van der Waals surface area contributed by atoms with E-state index >= 15 is 0 Å². The van der Waals surface area contributed by atoms with Gasteiger partial charge in [0.25, 0.3) is 0 Å². The van der Waals surface area contributed by atoms with E-state index in [9.17, 15) is 18.8 Å². The Kier molecular flexibility index (Phi) is 7.16. The Hall–Kier alpha value is -2.78. The van der Waals surface area contributed by atoms with Gasteiger partial charge >= 0.3 is 6.09 Å². The third kappa shape index (κ3) is 5.16. The summed E-state index contributed by atoms with van der Waals surface area (Å²) in [4.78, 5) is 38.9. The molecular formula is C23H26FN3O4S. The van der Waals surface area contributed by atoms with E-state index in [1.165, 1.54) is 16.2 Å². The summed E-state index contributed by atoms with van der Waals surface area (Å²) in [6.07, 6.45) is -1.16. The average Bonchev–Trinajstić information content (AvgIpc) is 3.46. The molecule has 2 aliphatic rings. The first kappa shape index (κ1) is 22.4. The van der Waals surface area contributed by atoms with Crippen LogP contribution in [-0.4, -0.2) is 56.2 Å². The van der Waals surface area contributed by atoms with Crippen molar-refractivity contribution in [3.05, 3.63) is 52.2 Å². The summed E-state index contributed by atoms with van der Waals surface area (Å²) in [5.74, 6) is -0.603. The van der Waals surface area contributed by atoms with Crippen molar-refractivity contribution in [2.45, 2.75) is 37.5 Å². The Balaban J connectivity index is 1.32. The lowest BCUT2D eigenvalue weighted by Gasteiger charge is -2.30. The number of nitrogens with one attached hydrogen (secondary N) is 2. The Morgan fingerprint density at radius 1 is 1.22 bits per heavy atom. The number of rotatable bonds is 8. The van der Waals surface area contributed by atoms with Crippen LogP contribution in [0.15, 0.2) is 41.8 Å². The number of carbonyl (C=O) groups is 3. The van der Waals surface area contributed by atoms with Gasteiger partial charge in [-0.3, -0.25) is 14.5 Å². The zero-order valence-corrected chi connectivity index (χ0v) is 18.4. The highest BCUT2D eigenvalue weighted by Gasteiger charge is 2.36. The Morgan fingerprint density at radius 3 is 2.84 bits per heavy atom. The predicted molar refractivity (Wildman–Crippen MR) is 120 cm³/mol. The van der Waals surface area contributed by atoms with Crippen LogP contribution >= 0.6 is 11.3 Å². The van der Waals surface area contributed by atoms with Crippen LogP contribution in [0.1, 0.15) is 40.4 Å². The van der Waals surface area contributed by atoms with E-state index in [1.807, 2.05) is 29.6 Å².